The lowest BCUT2D eigenvalue weighted by atomic mass is 9.43. The van der Waals surface area contributed by atoms with E-state index in [0.29, 0.717) is 23.2 Å². The van der Waals surface area contributed by atoms with Gasteiger partial charge in [0.2, 0.25) is 0 Å². The zero-order valence-corrected chi connectivity index (χ0v) is 20.7. The van der Waals surface area contributed by atoms with Crippen LogP contribution in [0.25, 0.3) is 0 Å². The Kier molecular flexibility index (Phi) is 6.44. The van der Waals surface area contributed by atoms with Crippen molar-refractivity contribution < 1.29 is 10.2 Å². The zero-order chi connectivity index (χ0) is 21.8. The summed E-state index contributed by atoms with van der Waals surface area (Å²) in [6.07, 6.45) is 11.9. The Morgan fingerprint density at radius 2 is 1.60 bits per heavy atom. The third-order valence-corrected chi connectivity index (χ3v) is 11.5. The average Bonchev–Trinajstić information content (AvgIpc) is 3.02. The second-order valence-corrected chi connectivity index (χ2v) is 13.2. The monoisotopic (exact) mass is 418 g/mol. The molecule has 0 aromatic carbocycles. The molecule has 30 heavy (non-hydrogen) atoms. The molecular formula is C28H50O2. The van der Waals surface area contributed by atoms with Crippen LogP contribution in [0.5, 0.6) is 0 Å². The Hall–Kier alpha value is -0.0800. The molecule has 11 atom stereocenters. The van der Waals surface area contributed by atoms with Gasteiger partial charge in [0.05, 0.1) is 12.2 Å². The van der Waals surface area contributed by atoms with Crippen LogP contribution in [0.1, 0.15) is 106 Å². The van der Waals surface area contributed by atoms with Gasteiger partial charge in [-0.2, -0.15) is 0 Å². The van der Waals surface area contributed by atoms with Gasteiger partial charge in [-0.25, -0.2) is 0 Å². The normalized spacial score (nSPS) is 50.5. The molecule has 0 unspecified atom stereocenters. The highest BCUT2D eigenvalue weighted by atomic mass is 16.3. The third-order valence-electron chi connectivity index (χ3n) is 11.5. The molecule has 0 radical (unpaired) electrons. The van der Waals surface area contributed by atoms with Crippen molar-refractivity contribution in [3.05, 3.63) is 0 Å². The second kappa shape index (κ2) is 8.36. The molecule has 4 aliphatic rings. The highest BCUT2D eigenvalue weighted by molar-refractivity contribution is 5.12. The summed E-state index contributed by atoms with van der Waals surface area (Å²) in [5, 5.41) is 21.9. The fourth-order valence-electron chi connectivity index (χ4n) is 9.39. The van der Waals surface area contributed by atoms with Crippen molar-refractivity contribution in [3.8, 4) is 0 Å². The van der Waals surface area contributed by atoms with Crippen LogP contribution in [0.15, 0.2) is 0 Å². The van der Waals surface area contributed by atoms with Crippen molar-refractivity contribution in [3.63, 3.8) is 0 Å². The van der Waals surface area contributed by atoms with E-state index >= 15 is 0 Å². The van der Waals surface area contributed by atoms with Crippen LogP contribution < -0.4 is 0 Å². The zero-order valence-electron chi connectivity index (χ0n) is 20.7. The van der Waals surface area contributed by atoms with E-state index < -0.39 is 0 Å². The van der Waals surface area contributed by atoms with Crippen molar-refractivity contribution in [2.45, 2.75) is 118 Å². The minimum Gasteiger partial charge on any atom is -0.393 e. The van der Waals surface area contributed by atoms with E-state index in [1.54, 1.807) is 0 Å². The lowest BCUT2D eigenvalue weighted by Crippen LogP contribution is -2.59. The highest BCUT2D eigenvalue weighted by Crippen LogP contribution is 2.68. The van der Waals surface area contributed by atoms with Crippen molar-refractivity contribution >= 4 is 0 Å². The van der Waals surface area contributed by atoms with Crippen molar-refractivity contribution in [1.29, 1.82) is 0 Å². The van der Waals surface area contributed by atoms with Crippen molar-refractivity contribution in [1.82, 2.24) is 0 Å². The van der Waals surface area contributed by atoms with Gasteiger partial charge in [-0.15, -0.1) is 0 Å². The second-order valence-electron chi connectivity index (χ2n) is 13.2. The molecule has 174 valence electrons. The molecule has 0 heterocycles. The van der Waals surface area contributed by atoms with Gasteiger partial charge in [0.1, 0.15) is 0 Å². The minimum atomic E-state index is -0.137. The largest absolute Gasteiger partial charge is 0.393 e. The van der Waals surface area contributed by atoms with Gasteiger partial charge < -0.3 is 10.2 Å². The van der Waals surface area contributed by atoms with Crippen LogP contribution in [-0.2, 0) is 0 Å². The molecule has 0 aromatic heterocycles. The van der Waals surface area contributed by atoms with Gasteiger partial charge in [-0.05, 0) is 110 Å². The fraction of sp³-hybridized carbons (Fsp3) is 1.00. The fourth-order valence-corrected chi connectivity index (χ4v) is 9.39. The summed E-state index contributed by atoms with van der Waals surface area (Å²) in [7, 11) is 0. The molecule has 0 saturated heterocycles. The summed E-state index contributed by atoms with van der Waals surface area (Å²) in [5.41, 5.74) is 0.581. The third kappa shape index (κ3) is 3.70. The van der Waals surface area contributed by atoms with Gasteiger partial charge in [0, 0.05) is 0 Å². The molecule has 0 amide bonds. The van der Waals surface area contributed by atoms with Crippen molar-refractivity contribution in [2.24, 2.45) is 58.2 Å². The summed E-state index contributed by atoms with van der Waals surface area (Å²) in [4.78, 5) is 0. The molecule has 4 saturated carbocycles. The Bertz CT molecular complexity index is 601. The molecule has 4 rings (SSSR count). The van der Waals surface area contributed by atoms with Crippen LogP contribution in [0.4, 0.5) is 0 Å². The van der Waals surface area contributed by atoms with E-state index in [4.69, 9.17) is 0 Å². The molecule has 4 aliphatic carbocycles. The molecule has 4 fully saturated rings. The number of hydrogen-bond acceptors (Lipinski definition) is 2. The maximum Gasteiger partial charge on any atom is 0.0581 e. The summed E-state index contributed by atoms with van der Waals surface area (Å²) < 4.78 is 0. The lowest BCUT2D eigenvalue weighted by molar-refractivity contribution is -0.179. The van der Waals surface area contributed by atoms with E-state index in [-0.39, 0.29) is 17.6 Å². The molecule has 2 N–H and O–H groups in total. The first-order chi connectivity index (χ1) is 14.1. The Morgan fingerprint density at radius 1 is 0.867 bits per heavy atom. The Labute approximate surface area is 186 Å². The lowest BCUT2D eigenvalue weighted by Gasteiger charge is -2.62. The van der Waals surface area contributed by atoms with E-state index in [1.165, 1.54) is 38.5 Å². The van der Waals surface area contributed by atoms with Gasteiger partial charge in [0.25, 0.3) is 0 Å². The van der Waals surface area contributed by atoms with E-state index in [1.807, 2.05) is 0 Å². The molecule has 2 heteroatoms. The van der Waals surface area contributed by atoms with Crippen LogP contribution >= 0.6 is 0 Å². The number of hydrogen-bond donors (Lipinski definition) is 2. The number of aliphatic hydroxyl groups is 2. The number of fused-ring (bicyclic) bond motifs is 5. The first-order valence-electron chi connectivity index (χ1n) is 13.4. The molecule has 0 spiro atoms. The quantitative estimate of drug-likeness (QED) is 0.522. The number of aliphatic hydroxyl groups excluding tert-OH is 2. The van der Waals surface area contributed by atoms with Crippen LogP contribution in [-0.4, -0.2) is 22.4 Å². The number of rotatable bonds is 5. The molecular weight excluding hydrogens is 368 g/mol. The van der Waals surface area contributed by atoms with Gasteiger partial charge >= 0.3 is 0 Å². The molecule has 0 bridgehead atoms. The predicted octanol–water partition coefficient (Wildman–Crippen LogP) is 6.69. The standard InChI is InChI=1S/C28H50O2/c1-17(2)18(3)7-8-19(4)23-11-12-24-22-10-9-20-15-21(29)13-14-27(20,5)26(22)25(30)16-28(23,24)6/h17-26,29-30H,7-16H2,1-6H3/t18-,19+,20-,21+,22-,23-,24+,25-,26-,27-,28+/m0/s1. The summed E-state index contributed by atoms with van der Waals surface area (Å²) in [6.45, 7) is 14.7. The van der Waals surface area contributed by atoms with Crippen molar-refractivity contribution in [2.75, 3.05) is 0 Å². The van der Waals surface area contributed by atoms with Gasteiger partial charge in [0.15, 0.2) is 0 Å². The first-order valence-corrected chi connectivity index (χ1v) is 13.4. The van der Waals surface area contributed by atoms with Gasteiger partial charge in [-0.1, -0.05) is 54.4 Å². The van der Waals surface area contributed by atoms with E-state index in [0.717, 1.165) is 55.3 Å². The topological polar surface area (TPSA) is 40.5 Å². The van der Waals surface area contributed by atoms with Crippen LogP contribution in [0, 0.1) is 58.2 Å². The smallest absolute Gasteiger partial charge is 0.0581 e. The SMILES string of the molecule is CC(C)[C@@H](C)CC[C@@H](C)[C@@H]1CC[C@@H]2[C@@H]3CC[C@H]4C[C@H](O)CC[C@]4(C)[C@@H]3[C@@H](O)C[C@@]21C. The Balaban J connectivity index is 1.51. The predicted molar refractivity (Wildman–Crippen MR) is 125 cm³/mol. The summed E-state index contributed by atoms with van der Waals surface area (Å²) >= 11 is 0. The maximum absolute atomic E-state index is 11.6. The minimum absolute atomic E-state index is 0.101. The Morgan fingerprint density at radius 3 is 2.30 bits per heavy atom. The van der Waals surface area contributed by atoms with Gasteiger partial charge in [-0.3, -0.25) is 0 Å². The van der Waals surface area contributed by atoms with Crippen LogP contribution in [0.2, 0.25) is 0 Å². The molecule has 0 aromatic rings. The maximum atomic E-state index is 11.6. The molecule has 2 nitrogen and oxygen atoms in total. The molecule has 0 aliphatic heterocycles. The van der Waals surface area contributed by atoms with E-state index in [9.17, 15) is 10.2 Å². The summed E-state index contributed by atoms with van der Waals surface area (Å²) in [6, 6.07) is 0. The first kappa shape index (κ1) is 23.1. The summed E-state index contributed by atoms with van der Waals surface area (Å²) in [5.74, 6) is 5.78. The van der Waals surface area contributed by atoms with Crippen LogP contribution in [0.3, 0.4) is 0 Å². The highest BCUT2D eigenvalue weighted by Gasteiger charge is 2.63. The van der Waals surface area contributed by atoms with E-state index in [2.05, 4.69) is 41.5 Å². The average molecular weight is 419 g/mol.